The second kappa shape index (κ2) is 8.71. The minimum absolute atomic E-state index is 0.214. The number of hydrogen-bond donors (Lipinski definition) is 2. The average Bonchev–Trinajstić information content (AvgIpc) is 3.29. The maximum absolute atomic E-state index is 13.3. The van der Waals surface area contributed by atoms with Gasteiger partial charge in [0.2, 0.25) is 5.82 Å². The monoisotopic (exact) mass is 417 g/mol. The van der Waals surface area contributed by atoms with E-state index in [2.05, 4.69) is 32.9 Å². The van der Waals surface area contributed by atoms with Gasteiger partial charge in [-0.05, 0) is 54.3 Å². The first-order chi connectivity index (χ1) is 15.0. The van der Waals surface area contributed by atoms with Gasteiger partial charge in [0.25, 0.3) is 5.91 Å². The molecule has 160 valence electrons. The van der Waals surface area contributed by atoms with Crippen molar-refractivity contribution < 1.29 is 9.53 Å². The van der Waals surface area contributed by atoms with Gasteiger partial charge in [-0.25, -0.2) is 0 Å². The lowest BCUT2D eigenvalue weighted by atomic mass is 9.78. The maximum atomic E-state index is 13.3. The number of hydrogen-bond acceptors (Lipinski definition) is 5. The van der Waals surface area contributed by atoms with Gasteiger partial charge in [-0.3, -0.25) is 4.79 Å². The summed E-state index contributed by atoms with van der Waals surface area (Å²) in [6.45, 7) is 6.93. The van der Waals surface area contributed by atoms with Crippen molar-refractivity contribution in [2.45, 2.75) is 45.6 Å². The van der Waals surface area contributed by atoms with E-state index in [0.717, 1.165) is 40.9 Å². The molecule has 0 aliphatic carbocycles. The molecule has 31 heavy (non-hydrogen) atoms. The summed E-state index contributed by atoms with van der Waals surface area (Å²) in [7, 11) is 0. The van der Waals surface area contributed by atoms with E-state index in [1.165, 1.54) is 0 Å². The Bertz CT molecular complexity index is 1070. The summed E-state index contributed by atoms with van der Waals surface area (Å²) in [5.41, 5.74) is 3.93. The van der Waals surface area contributed by atoms with Crippen LogP contribution in [-0.4, -0.2) is 33.1 Å². The molecule has 1 atom stereocenters. The lowest BCUT2D eigenvalue weighted by Gasteiger charge is -2.37. The van der Waals surface area contributed by atoms with Crippen molar-refractivity contribution >= 4 is 17.1 Å². The normalized spacial score (nSPS) is 18.7. The summed E-state index contributed by atoms with van der Waals surface area (Å²) in [6, 6.07) is 16.1. The molecular formula is C24H27N5O2. The second-order valence-corrected chi connectivity index (χ2v) is 8.14. The topological polar surface area (TPSA) is 92.8 Å². The number of rotatable bonds is 7. The molecule has 0 spiro atoms. The number of aryl methyl sites for hydroxylation is 1. The lowest BCUT2D eigenvalue weighted by Crippen LogP contribution is -2.47. The molecule has 0 unspecified atom stereocenters. The Kier molecular flexibility index (Phi) is 5.84. The molecule has 0 saturated heterocycles. The molecule has 7 heteroatoms. The number of carbonyl (C=O) groups excluding carboxylic acids is 1. The summed E-state index contributed by atoms with van der Waals surface area (Å²) in [5.74, 6) is 0.925. The highest BCUT2D eigenvalue weighted by atomic mass is 16.5. The Morgan fingerprint density at radius 1 is 1.10 bits per heavy atom. The Morgan fingerprint density at radius 2 is 1.84 bits per heavy atom. The molecule has 1 aliphatic heterocycles. The van der Waals surface area contributed by atoms with Crippen LogP contribution in [0.5, 0.6) is 5.75 Å². The molecular weight excluding hydrogens is 390 g/mol. The number of H-pyrrole nitrogens is 1. The van der Waals surface area contributed by atoms with Gasteiger partial charge >= 0.3 is 0 Å². The zero-order valence-electron chi connectivity index (χ0n) is 18.1. The fourth-order valence-corrected chi connectivity index (χ4v) is 3.87. The van der Waals surface area contributed by atoms with Crippen molar-refractivity contribution in [3.63, 3.8) is 0 Å². The number of aromatic amines is 1. The van der Waals surface area contributed by atoms with Crippen molar-refractivity contribution in [2.24, 2.45) is 0 Å². The van der Waals surface area contributed by atoms with Crippen LogP contribution in [0.1, 0.15) is 55.6 Å². The molecule has 1 aliphatic rings. The molecule has 3 aromatic rings. The number of tetrazole rings is 1. The van der Waals surface area contributed by atoms with Gasteiger partial charge in [-0.2, -0.15) is 5.21 Å². The molecule has 0 bridgehead atoms. The van der Waals surface area contributed by atoms with Crippen LogP contribution in [-0.2, 0) is 10.3 Å². The van der Waals surface area contributed by atoms with Crippen LogP contribution in [0.25, 0.3) is 11.1 Å². The molecule has 1 aromatic heterocycles. The molecule has 7 nitrogen and oxygen atoms in total. The summed E-state index contributed by atoms with van der Waals surface area (Å²) in [5, 5.41) is 17.4. The van der Waals surface area contributed by atoms with E-state index in [1.807, 2.05) is 62.4 Å². The minimum Gasteiger partial charge on any atom is -0.494 e. The van der Waals surface area contributed by atoms with Crippen molar-refractivity contribution in [3.8, 4) is 5.75 Å². The van der Waals surface area contributed by atoms with Crippen molar-refractivity contribution in [1.82, 2.24) is 25.9 Å². The molecule has 2 N–H and O–H groups in total. The molecule has 0 fully saturated rings. The summed E-state index contributed by atoms with van der Waals surface area (Å²) in [6.07, 6.45) is 2.72. The van der Waals surface area contributed by atoms with E-state index >= 15 is 0 Å². The van der Waals surface area contributed by atoms with Gasteiger partial charge in [-0.1, -0.05) is 55.3 Å². The van der Waals surface area contributed by atoms with E-state index in [1.54, 1.807) is 0 Å². The van der Waals surface area contributed by atoms with Crippen LogP contribution >= 0.6 is 0 Å². The molecule has 1 amide bonds. The number of nitrogens with one attached hydrogen (secondary N) is 2. The third kappa shape index (κ3) is 4.35. The molecule has 2 heterocycles. The number of benzene rings is 2. The van der Waals surface area contributed by atoms with Crippen LogP contribution in [0.15, 0.2) is 48.5 Å². The third-order valence-electron chi connectivity index (χ3n) is 5.68. The van der Waals surface area contributed by atoms with Crippen LogP contribution in [0, 0.1) is 6.92 Å². The lowest BCUT2D eigenvalue weighted by molar-refractivity contribution is -0.117. The number of aromatic nitrogens is 4. The highest BCUT2D eigenvalue weighted by Crippen LogP contribution is 2.41. The zero-order valence-corrected chi connectivity index (χ0v) is 18.1. The average molecular weight is 418 g/mol. The fraction of sp³-hybridized carbons (Fsp3) is 0.333. The van der Waals surface area contributed by atoms with E-state index in [4.69, 9.17) is 4.74 Å². The van der Waals surface area contributed by atoms with Gasteiger partial charge in [0.15, 0.2) is 0 Å². The predicted molar refractivity (Wildman–Crippen MR) is 119 cm³/mol. The highest BCUT2D eigenvalue weighted by molar-refractivity contribution is 6.27. The van der Waals surface area contributed by atoms with E-state index in [0.29, 0.717) is 24.4 Å². The first-order valence-corrected chi connectivity index (χ1v) is 10.6. The molecule has 2 aromatic carbocycles. The van der Waals surface area contributed by atoms with Gasteiger partial charge in [0.05, 0.1) is 17.7 Å². The largest absolute Gasteiger partial charge is 0.494 e. The van der Waals surface area contributed by atoms with Crippen LogP contribution in [0.2, 0.25) is 0 Å². The van der Waals surface area contributed by atoms with Crippen LogP contribution in [0.3, 0.4) is 0 Å². The van der Waals surface area contributed by atoms with Gasteiger partial charge in [-0.15, -0.1) is 10.2 Å². The Balaban J connectivity index is 1.70. The Morgan fingerprint density at radius 3 is 2.48 bits per heavy atom. The smallest absolute Gasteiger partial charge is 0.256 e. The quantitative estimate of drug-likeness (QED) is 0.566. The van der Waals surface area contributed by atoms with Gasteiger partial charge in [0, 0.05) is 6.42 Å². The zero-order chi connectivity index (χ0) is 21.8. The van der Waals surface area contributed by atoms with Crippen molar-refractivity contribution in [3.05, 3.63) is 71.0 Å². The summed E-state index contributed by atoms with van der Waals surface area (Å²) in [4.78, 5) is 13.3. The highest BCUT2D eigenvalue weighted by Gasteiger charge is 2.39. The standard InChI is InChI=1S/C24H27N5O2/c1-4-5-14-31-19-12-10-18(11-13-19)24(3)15-20(17-8-6-16(2)7-9-17)21(23(30)25-24)22-26-28-29-27-22/h6-13H,4-5,14-15H2,1-3H3,(H,25,30)(H,26,27,28,29)/t24-/m0/s1. The number of amides is 1. The van der Waals surface area contributed by atoms with Gasteiger partial charge in [0.1, 0.15) is 5.75 Å². The molecule has 0 saturated carbocycles. The van der Waals surface area contributed by atoms with E-state index in [9.17, 15) is 4.79 Å². The second-order valence-electron chi connectivity index (χ2n) is 8.14. The fourth-order valence-electron chi connectivity index (χ4n) is 3.87. The van der Waals surface area contributed by atoms with Crippen molar-refractivity contribution in [2.75, 3.05) is 6.61 Å². The molecule has 4 rings (SSSR count). The Hall–Kier alpha value is -3.48. The number of ether oxygens (including phenoxy) is 1. The first kappa shape index (κ1) is 20.8. The first-order valence-electron chi connectivity index (χ1n) is 10.6. The number of unbranched alkanes of at least 4 members (excludes halogenated alkanes) is 1. The Labute approximate surface area is 181 Å². The van der Waals surface area contributed by atoms with E-state index in [-0.39, 0.29) is 5.91 Å². The summed E-state index contributed by atoms with van der Waals surface area (Å²) < 4.78 is 5.79. The van der Waals surface area contributed by atoms with Gasteiger partial charge < -0.3 is 10.1 Å². The van der Waals surface area contributed by atoms with Crippen LogP contribution < -0.4 is 10.1 Å². The minimum atomic E-state index is -0.577. The molecule has 0 radical (unpaired) electrons. The van der Waals surface area contributed by atoms with Crippen molar-refractivity contribution in [1.29, 1.82) is 0 Å². The maximum Gasteiger partial charge on any atom is 0.256 e. The predicted octanol–water partition coefficient (Wildman–Crippen LogP) is 4.03. The third-order valence-corrected chi connectivity index (χ3v) is 5.68. The van der Waals surface area contributed by atoms with E-state index < -0.39 is 5.54 Å². The SMILES string of the molecule is CCCCOc1ccc([C@]2(C)CC(c3ccc(C)cc3)=C(c3nn[nH]n3)C(=O)N2)cc1. The number of nitrogens with zero attached hydrogens (tertiary/aromatic N) is 3. The van der Waals surface area contributed by atoms with Crippen LogP contribution in [0.4, 0.5) is 0 Å². The summed E-state index contributed by atoms with van der Waals surface area (Å²) >= 11 is 0. The number of carbonyl (C=O) groups is 1.